The molecule has 0 aromatic heterocycles. The lowest BCUT2D eigenvalue weighted by atomic mass is 10.3. The summed E-state index contributed by atoms with van der Waals surface area (Å²) in [6.45, 7) is 0. The fraction of sp³-hybridized carbons (Fsp3) is 0.222. The average molecular weight is 201 g/mol. The zero-order valence-electron chi connectivity index (χ0n) is 6.81. The van der Waals surface area contributed by atoms with Crippen molar-refractivity contribution in [2.24, 2.45) is 0 Å². The third-order valence-corrected chi connectivity index (χ3v) is 1.72. The number of ether oxygens (including phenoxy) is 1. The van der Waals surface area contributed by atoms with E-state index >= 15 is 0 Å². The SMILES string of the molecule is O=C(O)C(CCl)Oc1ccccc1. The molecule has 1 unspecified atom stereocenters. The molecule has 0 aliphatic rings. The molecule has 0 saturated carbocycles. The minimum Gasteiger partial charge on any atom is -0.478 e. The summed E-state index contributed by atoms with van der Waals surface area (Å²) in [7, 11) is 0. The zero-order chi connectivity index (χ0) is 9.68. The molecule has 1 aromatic rings. The molecule has 0 saturated heterocycles. The topological polar surface area (TPSA) is 46.5 Å². The Hall–Kier alpha value is -1.22. The molecule has 4 heteroatoms. The lowest BCUT2D eigenvalue weighted by molar-refractivity contribution is -0.144. The van der Waals surface area contributed by atoms with E-state index in [-0.39, 0.29) is 5.88 Å². The Labute approximate surface area is 80.9 Å². The Morgan fingerprint density at radius 1 is 1.46 bits per heavy atom. The number of carboxylic acids is 1. The number of carboxylic acid groups (broad SMARTS) is 1. The first-order chi connectivity index (χ1) is 6.24. The van der Waals surface area contributed by atoms with Crippen LogP contribution in [0.1, 0.15) is 0 Å². The molecular formula is C9H9ClO3. The van der Waals surface area contributed by atoms with Crippen molar-refractivity contribution in [3.63, 3.8) is 0 Å². The van der Waals surface area contributed by atoms with Crippen molar-refractivity contribution in [3.05, 3.63) is 30.3 Å². The third kappa shape index (κ3) is 2.95. The van der Waals surface area contributed by atoms with Crippen LogP contribution in [0.3, 0.4) is 0 Å². The minimum atomic E-state index is -1.06. The minimum absolute atomic E-state index is 0.0653. The van der Waals surface area contributed by atoms with E-state index in [0.29, 0.717) is 5.75 Å². The van der Waals surface area contributed by atoms with Crippen LogP contribution in [0, 0.1) is 0 Å². The predicted octanol–water partition coefficient (Wildman–Crippen LogP) is 1.76. The van der Waals surface area contributed by atoms with Crippen LogP contribution in [0.25, 0.3) is 0 Å². The Morgan fingerprint density at radius 3 is 2.54 bits per heavy atom. The van der Waals surface area contributed by atoms with Crippen LogP contribution in [0.5, 0.6) is 5.75 Å². The van der Waals surface area contributed by atoms with E-state index in [1.54, 1.807) is 24.3 Å². The van der Waals surface area contributed by atoms with Gasteiger partial charge >= 0.3 is 5.97 Å². The summed E-state index contributed by atoms with van der Waals surface area (Å²) in [5, 5.41) is 8.63. The maximum atomic E-state index is 10.5. The Kier molecular flexibility index (Phi) is 3.58. The second-order valence-electron chi connectivity index (χ2n) is 2.41. The number of halogens is 1. The van der Waals surface area contributed by atoms with E-state index in [4.69, 9.17) is 21.4 Å². The van der Waals surface area contributed by atoms with Crippen molar-refractivity contribution in [2.45, 2.75) is 6.10 Å². The van der Waals surface area contributed by atoms with Crippen LogP contribution in [0.15, 0.2) is 30.3 Å². The second kappa shape index (κ2) is 4.72. The molecule has 0 aliphatic heterocycles. The number of alkyl halides is 1. The fourth-order valence-electron chi connectivity index (χ4n) is 0.811. The van der Waals surface area contributed by atoms with E-state index in [9.17, 15) is 4.79 Å². The van der Waals surface area contributed by atoms with Gasteiger partial charge in [0.25, 0.3) is 0 Å². The van der Waals surface area contributed by atoms with Crippen molar-refractivity contribution >= 4 is 17.6 Å². The van der Waals surface area contributed by atoms with Crippen LogP contribution < -0.4 is 4.74 Å². The number of para-hydroxylation sites is 1. The number of rotatable bonds is 4. The summed E-state index contributed by atoms with van der Waals surface area (Å²) >= 11 is 5.41. The fourth-order valence-corrected chi connectivity index (χ4v) is 1.01. The van der Waals surface area contributed by atoms with Gasteiger partial charge in [0.2, 0.25) is 6.10 Å². The van der Waals surface area contributed by atoms with E-state index in [0.717, 1.165) is 0 Å². The molecular weight excluding hydrogens is 192 g/mol. The van der Waals surface area contributed by atoms with E-state index < -0.39 is 12.1 Å². The average Bonchev–Trinajstić information content (AvgIpc) is 2.15. The van der Waals surface area contributed by atoms with Crippen molar-refractivity contribution in [1.82, 2.24) is 0 Å². The van der Waals surface area contributed by atoms with Gasteiger partial charge in [-0.15, -0.1) is 11.6 Å². The highest BCUT2D eigenvalue weighted by molar-refractivity contribution is 6.19. The summed E-state index contributed by atoms with van der Waals surface area (Å²) < 4.78 is 5.09. The summed E-state index contributed by atoms with van der Waals surface area (Å²) in [6, 6.07) is 8.72. The first-order valence-electron chi connectivity index (χ1n) is 3.74. The third-order valence-electron chi connectivity index (χ3n) is 1.44. The number of benzene rings is 1. The number of carbonyl (C=O) groups is 1. The smallest absolute Gasteiger partial charge is 0.346 e. The van der Waals surface area contributed by atoms with Crippen molar-refractivity contribution in [2.75, 3.05) is 5.88 Å². The first-order valence-corrected chi connectivity index (χ1v) is 4.28. The summed E-state index contributed by atoms with van der Waals surface area (Å²) in [5.41, 5.74) is 0. The molecule has 0 aliphatic carbocycles. The molecule has 0 amide bonds. The van der Waals surface area contributed by atoms with Gasteiger partial charge in [0.1, 0.15) is 5.75 Å². The summed E-state index contributed by atoms with van der Waals surface area (Å²) in [5.74, 6) is -0.612. The molecule has 0 radical (unpaired) electrons. The molecule has 1 atom stereocenters. The Bertz CT molecular complexity index is 273. The van der Waals surface area contributed by atoms with Crippen LogP contribution in [0.4, 0.5) is 0 Å². The number of hydrogen-bond acceptors (Lipinski definition) is 2. The van der Waals surface area contributed by atoms with Gasteiger partial charge in [-0.1, -0.05) is 18.2 Å². The number of hydrogen-bond donors (Lipinski definition) is 1. The molecule has 0 spiro atoms. The van der Waals surface area contributed by atoms with Gasteiger partial charge in [0.05, 0.1) is 5.88 Å². The number of aliphatic carboxylic acids is 1. The van der Waals surface area contributed by atoms with Crippen LogP contribution in [-0.2, 0) is 4.79 Å². The largest absolute Gasteiger partial charge is 0.478 e. The van der Waals surface area contributed by atoms with Gasteiger partial charge in [-0.25, -0.2) is 4.79 Å². The Morgan fingerprint density at radius 2 is 2.08 bits per heavy atom. The van der Waals surface area contributed by atoms with Crippen molar-refractivity contribution < 1.29 is 14.6 Å². The molecule has 1 aromatic carbocycles. The van der Waals surface area contributed by atoms with Crippen LogP contribution >= 0.6 is 11.6 Å². The molecule has 70 valence electrons. The maximum absolute atomic E-state index is 10.5. The summed E-state index contributed by atoms with van der Waals surface area (Å²) in [6.07, 6.45) is -0.982. The second-order valence-corrected chi connectivity index (χ2v) is 2.72. The summed E-state index contributed by atoms with van der Waals surface area (Å²) in [4.78, 5) is 10.5. The van der Waals surface area contributed by atoms with E-state index in [2.05, 4.69) is 0 Å². The van der Waals surface area contributed by atoms with Gasteiger partial charge in [-0.05, 0) is 12.1 Å². The van der Waals surface area contributed by atoms with Gasteiger partial charge in [-0.3, -0.25) is 0 Å². The molecule has 0 heterocycles. The molecule has 1 rings (SSSR count). The molecule has 13 heavy (non-hydrogen) atoms. The molecule has 0 bridgehead atoms. The first kappa shape index (κ1) is 9.86. The lowest BCUT2D eigenvalue weighted by Gasteiger charge is -2.11. The van der Waals surface area contributed by atoms with Gasteiger partial charge in [0.15, 0.2) is 0 Å². The molecule has 1 N–H and O–H groups in total. The maximum Gasteiger partial charge on any atom is 0.346 e. The van der Waals surface area contributed by atoms with Gasteiger partial charge < -0.3 is 9.84 Å². The highest BCUT2D eigenvalue weighted by Crippen LogP contribution is 2.11. The van der Waals surface area contributed by atoms with Gasteiger partial charge in [-0.2, -0.15) is 0 Å². The van der Waals surface area contributed by atoms with Crippen LogP contribution in [0.2, 0.25) is 0 Å². The quantitative estimate of drug-likeness (QED) is 0.754. The highest BCUT2D eigenvalue weighted by Gasteiger charge is 2.17. The van der Waals surface area contributed by atoms with E-state index in [1.807, 2.05) is 6.07 Å². The zero-order valence-corrected chi connectivity index (χ0v) is 7.57. The predicted molar refractivity (Wildman–Crippen MR) is 49.2 cm³/mol. The van der Waals surface area contributed by atoms with Crippen molar-refractivity contribution in [1.29, 1.82) is 0 Å². The van der Waals surface area contributed by atoms with Crippen molar-refractivity contribution in [3.8, 4) is 5.75 Å². The molecule has 0 fully saturated rings. The van der Waals surface area contributed by atoms with Crippen LogP contribution in [-0.4, -0.2) is 23.1 Å². The highest BCUT2D eigenvalue weighted by atomic mass is 35.5. The molecule has 3 nitrogen and oxygen atoms in total. The normalized spacial score (nSPS) is 12.1. The Balaban J connectivity index is 2.62. The van der Waals surface area contributed by atoms with Gasteiger partial charge in [0, 0.05) is 0 Å². The monoisotopic (exact) mass is 200 g/mol. The van der Waals surface area contributed by atoms with E-state index in [1.165, 1.54) is 0 Å². The standard InChI is InChI=1S/C9H9ClO3/c10-6-8(9(11)12)13-7-4-2-1-3-5-7/h1-5,8H,6H2,(H,11,12). The lowest BCUT2D eigenvalue weighted by Crippen LogP contribution is -2.28.